The van der Waals surface area contributed by atoms with E-state index in [4.69, 9.17) is 9.47 Å². The highest BCUT2D eigenvalue weighted by Crippen LogP contribution is 2.34. The maximum absolute atomic E-state index is 12.5. The van der Waals surface area contributed by atoms with Crippen LogP contribution in [0.1, 0.15) is 37.6 Å². The number of carbonyl (C=O) groups excluding carboxylic acids is 2. The van der Waals surface area contributed by atoms with E-state index in [-0.39, 0.29) is 30.7 Å². The quantitative estimate of drug-likeness (QED) is 0.691. The van der Waals surface area contributed by atoms with Gasteiger partial charge in [-0.3, -0.25) is 9.59 Å². The van der Waals surface area contributed by atoms with E-state index in [0.29, 0.717) is 22.8 Å². The van der Waals surface area contributed by atoms with Gasteiger partial charge in [0.2, 0.25) is 6.79 Å². The van der Waals surface area contributed by atoms with Gasteiger partial charge in [-0.15, -0.1) is 0 Å². The Bertz CT molecular complexity index is 1150. The van der Waals surface area contributed by atoms with Gasteiger partial charge in [0.25, 0.3) is 0 Å². The molecule has 0 unspecified atom stereocenters. The van der Waals surface area contributed by atoms with Crippen molar-refractivity contribution in [3.8, 4) is 11.5 Å². The van der Waals surface area contributed by atoms with Crippen LogP contribution < -0.4 is 20.1 Å². The number of anilines is 1. The first kappa shape index (κ1) is 20.2. The van der Waals surface area contributed by atoms with Crippen LogP contribution in [0.2, 0.25) is 0 Å². The van der Waals surface area contributed by atoms with Gasteiger partial charge in [0, 0.05) is 12.1 Å². The Morgan fingerprint density at radius 3 is 2.60 bits per heavy atom. The molecule has 2 aliphatic rings. The molecule has 2 amide bonds. The van der Waals surface area contributed by atoms with E-state index in [1.165, 1.54) is 0 Å². The van der Waals surface area contributed by atoms with E-state index < -0.39 is 27.2 Å². The highest BCUT2D eigenvalue weighted by atomic mass is 32.2. The predicted molar refractivity (Wildman–Crippen MR) is 107 cm³/mol. The smallest absolute Gasteiger partial charge is 0.314 e. The average Bonchev–Trinajstić information content (AvgIpc) is 3.31. The fourth-order valence-electron chi connectivity index (χ4n) is 3.33. The molecule has 0 aliphatic carbocycles. The van der Waals surface area contributed by atoms with E-state index in [1.807, 2.05) is 20.8 Å². The lowest BCUT2D eigenvalue weighted by Crippen LogP contribution is -2.37. The number of rotatable bonds is 3. The van der Waals surface area contributed by atoms with Crippen LogP contribution >= 0.6 is 0 Å². The summed E-state index contributed by atoms with van der Waals surface area (Å²) in [5, 5.41) is 9.46. The van der Waals surface area contributed by atoms with Crippen LogP contribution in [0.3, 0.4) is 0 Å². The number of hydrogen-bond acceptors (Lipinski definition) is 7. The Hall–Kier alpha value is -3.08. The number of nitrogens with zero attached hydrogens (tertiary/aromatic N) is 2. The molecule has 0 spiro atoms. The summed E-state index contributed by atoms with van der Waals surface area (Å²) in [6.07, 6.45) is 0. The number of benzene rings is 1. The van der Waals surface area contributed by atoms with Gasteiger partial charge in [0.1, 0.15) is 5.82 Å². The first-order chi connectivity index (χ1) is 14.0. The SMILES string of the molecule is CC(C)(C)n1nc2c(c1NC(=O)C(=O)NCc1ccc3c(c1)OCO3)CS(=O)(=O)C2. The Morgan fingerprint density at radius 1 is 1.13 bits per heavy atom. The van der Waals surface area contributed by atoms with Gasteiger partial charge in [-0.25, -0.2) is 13.1 Å². The van der Waals surface area contributed by atoms with Crippen LogP contribution in [0.25, 0.3) is 0 Å². The van der Waals surface area contributed by atoms with Crippen molar-refractivity contribution in [2.75, 3.05) is 12.1 Å². The molecule has 0 saturated carbocycles. The third-order valence-electron chi connectivity index (χ3n) is 4.75. The molecule has 0 bridgehead atoms. The van der Waals surface area contributed by atoms with Gasteiger partial charge in [-0.2, -0.15) is 5.10 Å². The largest absolute Gasteiger partial charge is 0.454 e. The number of aromatic nitrogens is 2. The highest BCUT2D eigenvalue weighted by Gasteiger charge is 2.35. The number of fused-ring (bicyclic) bond motifs is 2. The molecule has 10 nitrogen and oxygen atoms in total. The molecule has 1 aromatic carbocycles. The zero-order valence-electron chi connectivity index (χ0n) is 16.8. The summed E-state index contributed by atoms with van der Waals surface area (Å²) in [6, 6.07) is 5.22. The van der Waals surface area contributed by atoms with Crippen molar-refractivity contribution in [3.63, 3.8) is 0 Å². The fraction of sp³-hybridized carbons (Fsp3) is 0.421. The number of nitrogens with one attached hydrogen (secondary N) is 2. The Labute approximate surface area is 173 Å². The van der Waals surface area contributed by atoms with E-state index >= 15 is 0 Å². The Balaban J connectivity index is 1.48. The Morgan fingerprint density at radius 2 is 1.87 bits per heavy atom. The van der Waals surface area contributed by atoms with E-state index in [2.05, 4.69) is 15.7 Å². The minimum Gasteiger partial charge on any atom is -0.454 e. The van der Waals surface area contributed by atoms with Crippen molar-refractivity contribution < 1.29 is 27.5 Å². The maximum Gasteiger partial charge on any atom is 0.314 e. The topological polar surface area (TPSA) is 129 Å². The van der Waals surface area contributed by atoms with Crippen molar-refractivity contribution in [1.82, 2.24) is 15.1 Å². The molecule has 11 heteroatoms. The molecule has 30 heavy (non-hydrogen) atoms. The lowest BCUT2D eigenvalue weighted by atomic mass is 10.1. The summed E-state index contributed by atoms with van der Waals surface area (Å²) in [7, 11) is -3.30. The van der Waals surface area contributed by atoms with Crippen LogP contribution in [0.5, 0.6) is 11.5 Å². The number of sulfone groups is 1. The number of amides is 2. The molecule has 2 aromatic rings. The third-order valence-corrected chi connectivity index (χ3v) is 6.19. The summed E-state index contributed by atoms with van der Waals surface area (Å²) in [4.78, 5) is 24.8. The fourth-order valence-corrected chi connectivity index (χ4v) is 4.83. The first-order valence-corrected chi connectivity index (χ1v) is 11.1. The van der Waals surface area contributed by atoms with Crippen LogP contribution in [0.15, 0.2) is 18.2 Å². The zero-order valence-corrected chi connectivity index (χ0v) is 17.6. The Kier molecular flexibility index (Phi) is 4.72. The van der Waals surface area contributed by atoms with Gasteiger partial charge < -0.3 is 20.1 Å². The molecule has 2 aliphatic heterocycles. The second-order valence-electron chi connectivity index (χ2n) is 8.21. The molecule has 0 radical (unpaired) electrons. The van der Waals surface area contributed by atoms with Gasteiger partial charge in [0.15, 0.2) is 21.3 Å². The number of ether oxygens (including phenoxy) is 2. The molecule has 2 N–H and O–H groups in total. The summed E-state index contributed by atoms with van der Waals surface area (Å²) >= 11 is 0. The lowest BCUT2D eigenvalue weighted by molar-refractivity contribution is -0.136. The van der Waals surface area contributed by atoms with Crippen molar-refractivity contribution in [2.45, 2.75) is 44.4 Å². The van der Waals surface area contributed by atoms with Crippen molar-refractivity contribution in [2.24, 2.45) is 0 Å². The monoisotopic (exact) mass is 434 g/mol. The molecule has 1 aromatic heterocycles. The van der Waals surface area contributed by atoms with Crippen molar-refractivity contribution in [3.05, 3.63) is 35.0 Å². The molecule has 160 valence electrons. The van der Waals surface area contributed by atoms with E-state index in [9.17, 15) is 18.0 Å². The first-order valence-electron chi connectivity index (χ1n) is 9.33. The zero-order chi connectivity index (χ0) is 21.7. The standard InChI is InChI=1S/C19H22N4O6S/c1-19(2,3)23-16(12-8-30(26,27)9-13(12)22-23)21-18(25)17(24)20-7-11-4-5-14-15(6-11)29-10-28-14/h4-6H,7-10H2,1-3H3,(H,20,24)(H,21,25). The van der Waals surface area contributed by atoms with Crippen LogP contribution in [-0.4, -0.2) is 36.8 Å². The van der Waals surface area contributed by atoms with Crippen molar-refractivity contribution >= 4 is 27.5 Å². The van der Waals surface area contributed by atoms with E-state index in [1.54, 1.807) is 22.9 Å². The van der Waals surface area contributed by atoms with Crippen LogP contribution in [0, 0.1) is 0 Å². The molecule has 0 saturated heterocycles. The molecular formula is C19H22N4O6S. The second-order valence-corrected chi connectivity index (χ2v) is 10.3. The third kappa shape index (κ3) is 3.84. The molecule has 4 rings (SSSR count). The maximum atomic E-state index is 12.5. The van der Waals surface area contributed by atoms with Crippen molar-refractivity contribution in [1.29, 1.82) is 0 Å². The van der Waals surface area contributed by atoms with Gasteiger partial charge in [-0.05, 0) is 38.5 Å². The molecule has 3 heterocycles. The van der Waals surface area contributed by atoms with Gasteiger partial charge in [-0.1, -0.05) is 6.07 Å². The molecule has 0 fully saturated rings. The summed E-state index contributed by atoms with van der Waals surface area (Å²) in [5.41, 5.74) is 1.06. The average molecular weight is 434 g/mol. The summed E-state index contributed by atoms with van der Waals surface area (Å²) < 4.78 is 36.0. The lowest BCUT2D eigenvalue weighted by Gasteiger charge is -2.23. The second kappa shape index (κ2) is 7.01. The van der Waals surface area contributed by atoms with E-state index in [0.717, 1.165) is 5.56 Å². The van der Waals surface area contributed by atoms with Gasteiger partial charge >= 0.3 is 11.8 Å². The normalized spacial score (nSPS) is 16.2. The van der Waals surface area contributed by atoms with Crippen LogP contribution in [-0.2, 0) is 43.0 Å². The number of hydrogen-bond donors (Lipinski definition) is 2. The summed E-state index contributed by atoms with van der Waals surface area (Å²) in [5.74, 6) is -0.685. The predicted octanol–water partition coefficient (Wildman–Crippen LogP) is 1.05. The number of carbonyl (C=O) groups is 2. The van der Waals surface area contributed by atoms with Crippen LogP contribution in [0.4, 0.5) is 5.82 Å². The minimum atomic E-state index is -3.30. The van der Waals surface area contributed by atoms with Gasteiger partial charge in [0.05, 0.1) is 22.7 Å². The highest BCUT2D eigenvalue weighted by molar-refractivity contribution is 7.90. The summed E-state index contributed by atoms with van der Waals surface area (Å²) in [6.45, 7) is 5.89. The minimum absolute atomic E-state index is 0.119. The molecular weight excluding hydrogens is 412 g/mol. The molecule has 0 atom stereocenters.